The number of carbonyl (C=O) groups excluding carboxylic acids is 1. The Balaban J connectivity index is 2.93. The van der Waals surface area contributed by atoms with Gasteiger partial charge in [-0.2, -0.15) is 0 Å². The molecule has 0 bridgehead atoms. The number of rotatable bonds is 5. The molecule has 0 amide bonds. The van der Waals surface area contributed by atoms with E-state index in [2.05, 4.69) is 0 Å². The number of aliphatic hydroxyl groups excluding tert-OH is 1. The Kier molecular flexibility index (Phi) is 4.03. The average molecular weight is 240 g/mol. The predicted molar refractivity (Wildman–Crippen MR) is 61.2 cm³/mol. The molecule has 0 spiro atoms. The molecule has 2 atom stereocenters. The first-order chi connectivity index (χ1) is 7.91. The Morgan fingerprint density at radius 1 is 1.53 bits per heavy atom. The fourth-order valence-electron chi connectivity index (χ4n) is 1.82. The van der Waals surface area contributed by atoms with E-state index in [1.165, 1.54) is 18.2 Å². The summed E-state index contributed by atoms with van der Waals surface area (Å²) in [7, 11) is 0. The maximum atomic E-state index is 11.8. The van der Waals surface area contributed by atoms with Gasteiger partial charge in [0.05, 0.1) is 12.0 Å². The molecule has 0 aliphatic heterocycles. The summed E-state index contributed by atoms with van der Waals surface area (Å²) in [5.41, 5.74) is 9.75. The number of allylic oxidation sites excluding steroid dienone is 3. The van der Waals surface area contributed by atoms with Gasteiger partial charge in [-0.05, 0) is 25.0 Å². The lowest BCUT2D eigenvalue weighted by atomic mass is 9.73. The van der Waals surface area contributed by atoms with Crippen LogP contribution in [0.25, 0.3) is 0 Å². The van der Waals surface area contributed by atoms with E-state index in [9.17, 15) is 14.7 Å². The van der Waals surface area contributed by atoms with Crippen LogP contribution in [0.5, 0.6) is 0 Å². The third kappa shape index (κ3) is 2.92. The fraction of sp³-hybridized carbons (Fsp3) is 0.455. The molecule has 0 radical (unpaired) electrons. The number of hydrogen-bond donors (Lipinski definition) is 4. The Morgan fingerprint density at radius 2 is 2.18 bits per heavy atom. The van der Waals surface area contributed by atoms with Crippen LogP contribution in [-0.2, 0) is 9.59 Å². The quantitative estimate of drug-likeness (QED) is 0.522. The van der Waals surface area contributed by atoms with Crippen molar-refractivity contribution in [1.29, 1.82) is 0 Å². The molecule has 0 heterocycles. The lowest BCUT2D eigenvalue weighted by Crippen LogP contribution is -2.43. The van der Waals surface area contributed by atoms with Crippen molar-refractivity contribution >= 4 is 11.8 Å². The SMILES string of the molecule is NCC(=O)C1(C[C@H](N)C(=O)O)C=CC(O)=CC1. The van der Waals surface area contributed by atoms with Crippen LogP contribution in [0.1, 0.15) is 12.8 Å². The summed E-state index contributed by atoms with van der Waals surface area (Å²) in [6.45, 7) is -0.189. The molecule has 0 fully saturated rings. The molecular formula is C11H16N2O4. The van der Waals surface area contributed by atoms with Crippen molar-refractivity contribution in [3.63, 3.8) is 0 Å². The van der Waals surface area contributed by atoms with E-state index in [0.717, 1.165) is 0 Å². The van der Waals surface area contributed by atoms with E-state index in [-0.39, 0.29) is 30.9 Å². The Hall–Kier alpha value is -1.66. The number of aliphatic hydroxyl groups is 1. The van der Waals surface area contributed by atoms with Gasteiger partial charge in [-0.15, -0.1) is 0 Å². The summed E-state index contributed by atoms with van der Waals surface area (Å²) in [6.07, 6.45) is 4.50. The Labute approximate surface area is 98.6 Å². The van der Waals surface area contributed by atoms with Crippen LogP contribution in [0.2, 0.25) is 0 Å². The summed E-state index contributed by atoms with van der Waals surface area (Å²) < 4.78 is 0. The van der Waals surface area contributed by atoms with Gasteiger partial charge in [-0.25, -0.2) is 0 Å². The topological polar surface area (TPSA) is 127 Å². The summed E-state index contributed by atoms with van der Waals surface area (Å²) in [5.74, 6) is -1.40. The highest BCUT2D eigenvalue weighted by molar-refractivity contribution is 5.89. The molecule has 0 aromatic rings. The number of ketones is 1. The zero-order chi connectivity index (χ0) is 13.1. The molecule has 0 saturated heterocycles. The summed E-state index contributed by atoms with van der Waals surface area (Å²) >= 11 is 0. The third-order valence-electron chi connectivity index (χ3n) is 2.89. The Morgan fingerprint density at radius 3 is 2.59 bits per heavy atom. The van der Waals surface area contributed by atoms with Gasteiger partial charge in [0.15, 0.2) is 5.78 Å². The van der Waals surface area contributed by atoms with Crippen LogP contribution in [0.4, 0.5) is 0 Å². The van der Waals surface area contributed by atoms with Crippen molar-refractivity contribution in [2.24, 2.45) is 16.9 Å². The van der Waals surface area contributed by atoms with E-state index in [1.807, 2.05) is 0 Å². The summed E-state index contributed by atoms with van der Waals surface area (Å²) in [4.78, 5) is 22.6. The molecule has 17 heavy (non-hydrogen) atoms. The fourth-order valence-corrected chi connectivity index (χ4v) is 1.82. The third-order valence-corrected chi connectivity index (χ3v) is 2.89. The van der Waals surface area contributed by atoms with Crippen molar-refractivity contribution in [2.75, 3.05) is 6.54 Å². The minimum atomic E-state index is -1.17. The van der Waals surface area contributed by atoms with Gasteiger partial charge >= 0.3 is 5.97 Å². The molecule has 1 rings (SSSR count). The molecule has 6 nitrogen and oxygen atoms in total. The summed E-state index contributed by atoms with van der Waals surface area (Å²) in [6, 6.07) is -1.14. The minimum Gasteiger partial charge on any atom is -0.508 e. The van der Waals surface area contributed by atoms with E-state index in [0.29, 0.717) is 0 Å². The van der Waals surface area contributed by atoms with Gasteiger partial charge in [0.1, 0.15) is 11.8 Å². The van der Waals surface area contributed by atoms with Gasteiger partial charge in [-0.1, -0.05) is 6.08 Å². The highest BCUT2D eigenvalue weighted by Gasteiger charge is 2.38. The normalized spacial score (nSPS) is 25.2. The minimum absolute atomic E-state index is 0.0291. The monoisotopic (exact) mass is 240 g/mol. The molecule has 1 unspecified atom stereocenters. The second-order valence-electron chi connectivity index (χ2n) is 4.10. The Bertz CT molecular complexity index is 389. The van der Waals surface area contributed by atoms with Crippen LogP contribution in [0, 0.1) is 5.41 Å². The largest absolute Gasteiger partial charge is 0.508 e. The average Bonchev–Trinajstić information content (AvgIpc) is 2.31. The number of carboxylic acids is 1. The van der Waals surface area contributed by atoms with Crippen LogP contribution >= 0.6 is 0 Å². The smallest absolute Gasteiger partial charge is 0.320 e. The number of carbonyl (C=O) groups is 2. The number of carboxylic acid groups (broad SMARTS) is 1. The van der Waals surface area contributed by atoms with Gasteiger partial charge in [0.25, 0.3) is 0 Å². The number of hydrogen-bond acceptors (Lipinski definition) is 5. The second kappa shape index (κ2) is 5.11. The zero-order valence-electron chi connectivity index (χ0n) is 9.30. The second-order valence-corrected chi connectivity index (χ2v) is 4.10. The van der Waals surface area contributed by atoms with Gasteiger partial charge in [0.2, 0.25) is 0 Å². The first kappa shape index (κ1) is 13.4. The van der Waals surface area contributed by atoms with E-state index < -0.39 is 17.4 Å². The van der Waals surface area contributed by atoms with Crippen LogP contribution in [0.15, 0.2) is 24.0 Å². The summed E-state index contributed by atoms with van der Waals surface area (Å²) in [5, 5.41) is 18.0. The molecule has 94 valence electrons. The van der Waals surface area contributed by atoms with Gasteiger partial charge < -0.3 is 21.7 Å². The maximum Gasteiger partial charge on any atom is 0.320 e. The van der Waals surface area contributed by atoms with Crippen LogP contribution in [-0.4, -0.2) is 34.6 Å². The van der Waals surface area contributed by atoms with Crippen molar-refractivity contribution in [1.82, 2.24) is 0 Å². The highest BCUT2D eigenvalue weighted by atomic mass is 16.4. The number of aliphatic carboxylic acids is 1. The maximum absolute atomic E-state index is 11.8. The number of nitrogens with two attached hydrogens (primary N) is 2. The van der Waals surface area contributed by atoms with Crippen molar-refractivity contribution in [3.8, 4) is 0 Å². The molecule has 6 N–H and O–H groups in total. The first-order valence-corrected chi connectivity index (χ1v) is 5.21. The molecule has 0 saturated carbocycles. The van der Waals surface area contributed by atoms with Crippen molar-refractivity contribution < 1.29 is 19.8 Å². The highest BCUT2D eigenvalue weighted by Crippen LogP contribution is 2.34. The molecule has 1 aliphatic carbocycles. The van der Waals surface area contributed by atoms with E-state index in [1.54, 1.807) is 0 Å². The molecule has 0 aromatic heterocycles. The van der Waals surface area contributed by atoms with Crippen LogP contribution < -0.4 is 11.5 Å². The van der Waals surface area contributed by atoms with E-state index >= 15 is 0 Å². The van der Waals surface area contributed by atoms with E-state index in [4.69, 9.17) is 16.6 Å². The van der Waals surface area contributed by atoms with Crippen molar-refractivity contribution in [2.45, 2.75) is 18.9 Å². The van der Waals surface area contributed by atoms with Gasteiger partial charge in [-0.3, -0.25) is 9.59 Å². The molecule has 0 aromatic carbocycles. The lowest BCUT2D eigenvalue weighted by molar-refractivity contribution is -0.139. The van der Waals surface area contributed by atoms with Crippen molar-refractivity contribution in [3.05, 3.63) is 24.0 Å². The zero-order valence-corrected chi connectivity index (χ0v) is 9.30. The molecular weight excluding hydrogens is 224 g/mol. The standard InChI is InChI=1S/C11H16N2O4/c12-6-9(15)11(5-8(13)10(16)17)3-1-7(14)2-4-11/h1-3,8,14H,4-6,12-13H2,(H,16,17)/t8-,11?/m0/s1. The molecule has 1 aliphatic rings. The number of Topliss-reactive ketones (excluding diaryl/α,β-unsaturated/α-hetero) is 1. The van der Waals surface area contributed by atoms with Crippen LogP contribution in [0.3, 0.4) is 0 Å². The lowest BCUT2D eigenvalue weighted by Gasteiger charge is -2.31. The first-order valence-electron chi connectivity index (χ1n) is 5.21. The predicted octanol–water partition coefficient (Wildman–Crippen LogP) is -0.296. The van der Waals surface area contributed by atoms with Gasteiger partial charge in [0, 0.05) is 0 Å². The molecule has 6 heteroatoms.